The van der Waals surface area contributed by atoms with Crippen LogP contribution in [0.3, 0.4) is 0 Å². The van der Waals surface area contributed by atoms with Crippen LogP contribution in [0.15, 0.2) is 0 Å². The first-order valence-electron chi connectivity index (χ1n) is 6.67. The molecule has 2 unspecified atom stereocenters. The van der Waals surface area contributed by atoms with Gasteiger partial charge < -0.3 is 16.4 Å². The molecule has 0 fully saturated rings. The fourth-order valence-electron chi connectivity index (χ4n) is 1.48. The summed E-state index contributed by atoms with van der Waals surface area (Å²) in [5.41, 5.74) is 5.54. The molecule has 0 bridgehead atoms. The molecule has 5 heteroatoms. The lowest BCUT2D eigenvalue weighted by Gasteiger charge is -2.17. The Morgan fingerprint density at radius 1 is 1.22 bits per heavy atom. The predicted octanol–water partition coefficient (Wildman–Crippen LogP) is 0.638. The molecule has 2 amide bonds. The Morgan fingerprint density at radius 3 is 2.28 bits per heavy atom. The van der Waals surface area contributed by atoms with Gasteiger partial charge in [0.1, 0.15) is 6.04 Å². The highest BCUT2D eigenvalue weighted by Gasteiger charge is 2.17. The first kappa shape index (κ1) is 16.9. The number of carbonyl (C=O) groups excluding carboxylic acids is 2. The Morgan fingerprint density at radius 2 is 1.83 bits per heavy atom. The number of carbonyl (C=O) groups is 2. The molecule has 0 aromatic rings. The first-order chi connectivity index (χ1) is 8.40. The average Bonchev–Trinajstić information content (AvgIpc) is 2.32. The van der Waals surface area contributed by atoms with E-state index in [2.05, 4.69) is 10.6 Å². The van der Waals surface area contributed by atoms with E-state index in [9.17, 15) is 9.59 Å². The molecule has 0 saturated heterocycles. The van der Waals surface area contributed by atoms with Crippen LogP contribution in [0.1, 0.15) is 40.5 Å². The van der Waals surface area contributed by atoms with Crippen LogP contribution < -0.4 is 16.4 Å². The van der Waals surface area contributed by atoms with Crippen molar-refractivity contribution in [3.8, 4) is 0 Å². The van der Waals surface area contributed by atoms with Crippen molar-refractivity contribution < 1.29 is 9.59 Å². The largest absolute Gasteiger partial charge is 0.354 e. The molecular formula is C13H27N3O2. The van der Waals surface area contributed by atoms with Crippen LogP contribution in [0.4, 0.5) is 0 Å². The van der Waals surface area contributed by atoms with E-state index in [-0.39, 0.29) is 17.7 Å². The number of hydrogen-bond acceptors (Lipinski definition) is 3. The quantitative estimate of drug-likeness (QED) is 0.596. The zero-order chi connectivity index (χ0) is 14.1. The molecule has 0 aliphatic heterocycles. The smallest absolute Gasteiger partial charge is 0.242 e. The fourth-order valence-corrected chi connectivity index (χ4v) is 1.48. The lowest BCUT2D eigenvalue weighted by molar-refractivity contribution is -0.129. The minimum absolute atomic E-state index is 0.112. The summed E-state index contributed by atoms with van der Waals surface area (Å²) in [4.78, 5) is 23.3. The molecule has 2 atom stereocenters. The van der Waals surface area contributed by atoms with Crippen LogP contribution in [0, 0.1) is 11.8 Å². The zero-order valence-corrected chi connectivity index (χ0v) is 12.0. The van der Waals surface area contributed by atoms with Gasteiger partial charge in [-0.2, -0.15) is 0 Å². The van der Waals surface area contributed by atoms with E-state index in [0.29, 0.717) is 25.4 Å². The van der Waals surface area contributed by atoms with Crippen molar-refractivity contribution in [2.45, 2.75) is 46.6 Å². The highest BCUT2D eigenvalue weighted by Crippen LogP contribution is 2.05. The summed E-state index contributed by atoms with van der Waals surface area (Å²) in [6, 6.07) is -0.494. The number of hydrogen-bond donors (Lipinski definition) is 3. The maximum absolute atomic E-state index is 11.7. The van der Waals surface area contributed by atoms with Gasteiger partial charge in [0.2, 0.25) is 11.8 Å². The third-order valence-corrected chi connectivity index (χ3v) is 2.84. The summed E-state index contributed by atoms with van der Waals surface area (Å²) >= 11 is 0. The summed E-state index contributed by atoms with van der Waals surface area (Å²) in [6.07, 6.45) is 1.26. The van der Waals surface area contributed by atoms with Gasteiger partial charge >= 0.3 is 0 Å². The van der Waals surface area contributed by atoms with Gasteiger partial charge in [-0.3, -0.25) is 9.59 Å². The molecule has 0 aromatic heterocycles. The summed E-state index contributed by atoms with van der Waals surface area (Å²) in [5.74, 6) is 0.340. The van der Waals surface area contributed by atoms with Gasteiger partial charge in [0, 0.05) is 13.0 Å². The molecular weight excluding hydrogens is 230 g/mol. The Hall–Kier alpha value is -1.10. The number of nitrogens with one attached hydrogen (secondary N) is 2. The van der Waals surface area contributed by atoms with Crippen molar-refractivity contribution in [1.82, 2.24) is 10.6 Å². The number of amides is 2. The van der Waals surface area contributed by atoms with Crippen LogP contribution >= 0.6 is 0 Å². The Bertz CT molecular complexity index is 263. The van der Waals surface area contributed by atoms with Crippen molar-refractivity contribution in [3.05, 3.63) is 0 Å². The molecule has 0 aromatic carbocycles. The topological polar surface area (TPSA) is 84.2 Å². The highest BCUT2D eigenvalue weighted by atomic mass is 16.2. The zero-order valence-electron chi connectivity index (χ0n) is 12.0. The molecule has 0 radical (unpaired) electrons. The van der Waals surface area contributed by atoms with Crippen LogP contribution in [-0.4, -0.2) is 30.9 Å². The lowest BCUT2D eigenvalue weighted by Crippen LogP contribution is -2.46. The van der Waals surface area contributed by atoms with Crippen LogP contribution in [0.2, 0.25) is 0 Å². The Balaban J connectivity index is 4.02. The van der Waals surface area contributed by atoms with Gasteiger partial charge in [0.15, 0.2) is 0 Å². The lowest BCUT2D eigenvalue weighted by atomic mass is 10.0. The van der Waals surface area contributed by atoms with E-state index in [1.54, 1.807) is 6.92 Å². The third-order valence-electron chi connectivity index (χ3n) is 2.84. The molecule has 18 heavy (non-hydrogen) atoms. The first-order valence-corrected chi connectivity index (χ1v) is 6.67. The Kier molecular flexibility index (Phi) is 8.37. The molecule has 0 saturated carbocycles. The van der Waals surface area contributed by atoms with Crippen molar-refractivity contribution in [3.63, 3.8) is 0 Å². The molecule has 0 aliphatic rings. The minimum atomic E-state index is -0.494. The van der Waals surface area contributed by atoms with E-state index < -0.39 is 6.04 Å². The van der Waals surface area contributed by atoms with E-state index in [4.69, 9.17) is 5.73 Å². The number of nitrogens with two attached hydrogens (primary N) is 1. The van der Waals surface area contributed by atoms with Crippen molar-refractivity contribution in [2.75, 3.05) is 13.1 Å². The van der Waals surface area contributed by atoms with Crippen LogP contribution in [0.5, 0.6) is 0 Å². The maximum atomic E-state index is 11.7. The third kappa shape index (κ3) is 7.27. The van der Waals surface area contributed by atoms with Crippen molar-refractivity contribution >= 4 is 11.8 Å². The van der Waals surface area contributed by atoms with Gasteiger partial charge in [-0.15, -0.1) is 0 Å². The highest BCUT2D eigenvalue weighted by molar-refractivity contribution is 5.87. The monoisotopic (exact) mass is 257 g/mol. The predicted molar refractivity (Wildman–Crippen MR) is 72.9 cm³/mol. The van der Waals surface area contributed by atoms with Gasteiger partial charge in [0.05, 0.1) is 0 Å². The van der Waals surface area contributed by atoms with Gasteiger partial charge in [0.25, 0.3) is 0 Å². The Labute approximate surface area is 110 Å². The second-order valence-electron chi connectivity index (χ2n) is 5.14. The van der Waals surface area contributed by atoms with Gasteiger partial charge in [-0.25, -0.2) is 0 Å². The summed E-state index contributed by atoms with van der Waals surface area (Å²) in [5, 5.41) is 5.49. The summed E-state index contributed by atoms with van der Waals surface area (Å²) in [6.45, 7) is 8.87. The molecule has 106 valence electrons. The SMILES string of the molecule is CCC(CN)CC(=O)NC(C)C(=O)NCC(C)C. The van der Waals surface area contributed by atoms with Gasteiger partial charge in [-0.05, 0) is 25.3 Å². The van der Waals surface area contributed by atoms with E-state index >= 15 is 0 Å². The molecule has 0 rings (SSSR count). The van der Waals surface area contributed by atoms with E-state index in [0.717, 1.165) is 6.42 Å². The van der Waals surface area contributed by atoms with Crippen molar-refractivity contribution in [1.29, 1.82) is 0 Å². The normalized spacial score (nSPS) is 14.1. The van der Waals surface area contributed by atoms with E-state index in [1.807, 2.05) is 20.8 Å². The van der Waals surface area contributed by atoms with Gasteiger partial charge in [-0.1, -0.05) is 27.2 Å². The molecule has 0 heterocycles. The maximum Gasteiger partial charge on any atom is 0.242 e. The minimum Gasteiger partial charge on any atom is -0.354 e. The average molecular weight is 257 g/mol. The standard InChI is InChI=1S/C13H27N3O2/c1-5-11(7-14)6-12(17)16-10(4)13(18)15-8-9(2)3/h9-11H,5-8,14H2,1-4H3,(H,15,18)(H,16,17). The second-order valence-corrected chi connectivity index (χ2v) is 5.14. The summed E-state index contributed by atoms with van der Waals surface area (Å²) in [7, 11) is 0. The van der Waals surface area contributed by atoms with E-state index in [1.165, 1.54) is 0 Å². The molecule has 0 spiro atoms. The molecule has 5 nitrogen and oxygen atoms in total. The molecule has 0 aliphatic carbocycles. The molecule has 4 N–H and O–H groups in total. The number of rotatable bonds is 8. The second kappa shape index (κ2) is 8.91. The van der Waals surface area contributed by atoms with Crippen LogP contribution in [-0.2, 0) is 9.59 Å². The van der Waals surface area contributed by atoms with Crippen LogP contribution in [0.25, 0.3) is 0 Å². The fraction of sp³-hybridized carbons (Fsp3) is 0.846. The summed E-state index contributed by atoms with van der Waals surface area (Å²) < 4.78 is 0. The van der Waals surface area contributed by atoms with Crippen molar-refractivity contribution in [2.24, 2.45) is 17.6 Å².